The van der Waals surface area contributed by atoms with Crippen LogP contribution in [0.15, 0.2) is 54.6 Å². The molecule has 2 fully saturated rings. The van der Waals surface area contributed by atoms with Crippen molar-refractivity contribution < 1.29 is 14.3 Å². The molecular weight excluding hydrogens is 416 g/mol. The summed E-state index contributed by atoms with van der Waals surface area (Å²) in [6.07, 6.45) is 3.70. The summed E-state index contributed by atoms with van der Waals surface area (Å²) in [5.74, 6) is 0.207. The third-order valence-corrected chi connectivity index (χ3v) is 6.63. The van der Waals surface area contributed by atoms with Crippen LogP contribution in [-0.4, -0.2) is 55.2 Å². The molecule has 2 amide bonds. The first-order valence-corrected chi connectivity index (χ1v) is 12.0. The fraction of sp³-hybridized carbons (Fsp3) is 0.462. The number of carbonyl (C=O) groups excluding carboxylic acids is 2. The van der Waals surface area contributed by atoms with Crippen LogP contribution in [0.25, 0.3) is 11.1 Å². The largest absolute Gasteiger partial charge is 0.446 e. The van der Waals surface area contributed by atoms with Crippen molar-refractivity contribution in [1.82, 2.24) is 10.2 Å². The normalized spacial score (nSPS) is 21.5. The van der Waals surface area contributed by atoms with E-state index in [2.05, 4.69) is 15.5 Å². The number of hydrogen-bond donors (Lipinski definition) is 3. The molecule has 33 heavy (non-hydrogen) atoms. The molecule has 1 saturated carbocycles. The number of nitrogens with zero attached hydrogens (tertiary/aromatic N) is 1. The van der Waals surface area contributed by atoms with Crippen LogP contribution < -0.4 is 16.4 Å². The van der Waals surface area contributed by atoms with Crippen molar-refractivity contribution in [1.29, 1.82) is 0 Å². The van der Waals surface area contributed by atoms with Crippen molar-refractivity contribution in [2.45, 2.75) is 44.2 Å². The maximum Gasteiger partial charge on any atom is 0.411 e. The second-order valence-electron chi connectivity index (χ2n) is 9.04. The van der Waals surface area contributed by atoms with Gasteiger partial charge in [0.25, 0.3) is 0 Å². The van der Waals surface area contributed by atoms with E-state index in [1.54, 1.807) is 0 Å². The van der Waals surface area contributed by atoms with E-state index in [1.165, 1.54) is 0 Å². The van der Waals surface area contributed by atoms with Gasteiger partial charge in [-0.05, 0) is 43.7 Å². The van der Waals surface area contributed by atoms with Gasteiger partial charge in [0.05, 0.1) is 5.69 Å². The van der Waals surface area contributed by atoms with E-state index in [1.807, 2.05) is 54.6 Å². The molecule has 2 aromatic carbocycles. The lowest BCUT2D eigenvalue weighted by Crippen LogP contribution is -2.43. The summed E-state index contributed by atoms with van der Waals surface area (Å²) in [5, 5.41) is 5.96. The fourth-order valence-electron chi connectivity index (χ4n) is 4.74. The van der Waals surface area contributed by atoms with Crippen molar-refractivity contribution in [2.75, 3.05) is 31.5 Å². The summed E-state index contributed by atoms with van der Waals surface area (Å²) < 4.78 is 5.70. The maximum absolute atomic E-state index is 12.5. The van der Waals surface area contributed by atoms with Crippen molar-refractivity contribution in [2.24, 2.45) is 11.7 Å². The average molecular weight is 451 g/mol. The number of nitrogens with two attached hydrogens (primary N) is 1. The summed E-state index contributed by atoms with van der Waals surface area (Å²) in [4.78, 5) is 27.1. The van der Waals surface area contributed by atoms with Gasteiger partial charge in [0.1, 0.15) is 6.10 Å². The van der Waals surface area contributed by atoms with Gasteiger partial charge in [-0.3, -0.25) is 10.1 Å². The van der Waals surface area contributed by atoms with Gasteiger partial charge in [0.2, 0.25) is 5.91 Å². The predicted molar refractivity (Wildman–Crippen MR) is 130 cm³/mol. The van der Waals surface area contributed by atoms with Gasteiger partial charge in [0.15, 0.2) is 0 Å². The number of benzene rings is 2. The molecule has 2 aromatic rings. The zero-order valence-electron chi connectivity index (χ0n) is 19.0. The minimum atomic E-state index is -0.418. The molecule has 2 atom stereocenters. The highest BCUT2D eigenvalue weighted by Gasteiger charge is 2.28. The molecule has 4 N–H and O–H groups in total. The first-order chi connectivity index (χ1) is 16.1. The third kappa shape index (κ3) is 6.55. The lowest BCUT2D eigenvalue weighted by atomic mass is 10.0. The van der Waals surface area contributed by atoms with E-state index in [4.69, 9.17) is 10.5 Å². The van der Waals surface area contributed by atoms with Gasteiger partial charge >= 0.3 is 6.09 Å². The first kappa shape index (κ1) is 23.3. The molecule has 0 spiro atoms. The molecular formula is C26H34N4O3. The standard InChI is InChI=1S/C26H34N4O3/c27-21-11-10-20(18-21)25(31)28-14-17-30-15-12-22(13-16-30)33-26(32)29-24-9-5-4-8-23(24)19-6-2-1-3-7-19/h1-9,20-22H,10-18,27H2,(H,28,31)(H,29,32)/t20-,21+/m1/s1. The second-order valence-corrected chi connectivity index (χ2v) is 9.04. The quantitative estimate of drug-likeness (QED) is 0.599. The molecule has 0 unspecified atom stereocenters. The molecule has 2 aliphatic rings. The molecule has 4 rings (SSSR count). The van der Waals surface area contributed by atoms with Crippen LogP contribution in [0.2, 0.25) is 0 Å². The fourth-order valence-corrected chi connectivity index (χ4v) is 4.74. The third-order valence-electron chi connectivity index (χ3n) is 6.63. The first-order valence-electron chi connectivity index (χ1n) is 12.0. The lowest BCUT2D eigenvalue weighted by Gasteiger charge is -2.31. The highest BCUT2D eigenvalue weighted by molar-refractivity contribution is 5.91. The number of piperidine rings is 1. The van der Waals surface area contributed by atoms with Crippen LogP contribution in [0.1, 0.15) is 32.1 Å². The average Bonchev–Trinajstić information content (AvgIpc) is 3.27. The van der Waals surface area contributed by atoms with Gasteiger partial charge in [-0.25, -0.2) is 4.79 Å². The predicted octanol–water partition coefficient (Wildman–Crippen LogP) is 3.61. The minimum absolute atomic E-state index is 0.0738. The van der Waals surface area contributed by atoms with E-state index >= 15 is 0 Å². The Morgan fingerprint density at radius 2 is 1.70 bits per heavy atom. The molecule has 0 bridgehead atoms. The maximum atomic E-state index is 12.5. The monoisotopic (exact) mass is 450 g/mol. The molecule has 1 saturated heterocycles. The summed E-state index contributed by atoms with van der Waals surface area (Å²) >= 11 is 0. The molecule has 1 heterocycles. The Bertz CT molecular complexity index is 928. The molecule has 1 aliphatic carbocycles. The summed E-state index contributed by atoms with van der Waals surface area (Å²) in [7, 11) is 0. The number of hydrogen-bond acceptors (Lipinski definition) is 5. The van der Waals surface area contributed by atoms with Crippen molar-refractivity contribution >= 4 is 17.7 Å². The summed E-state index contributed by atoms with van der Waals surface area (Å²) in [6, 6.07) is 17.9. The van der Waals surface area contributed by atoms with Gasteiger partial charge in [-0.1, -0.05) is 48.5 Å². The van der Waals surface area contributed by atoms with Crippen molar-refractivity contribution in [3.63, 3.8) is 0 Å². The number of rotatable bonds is 7. The smallest absolute Gasteiger partial charge is 0.411 e. The topological polar surface area (TPSA) is 96.7 Å². The van der Waals surface area contributed by atoms with Crippen LogP contribution in [0.5, 0.6) is 0 Å². The molecule has 0 radical (unpaired) electrons. The van der Waals surface area contributed by atoms with E-state index in [9.17, 15) is 9.59 Å². The number of nitrogens with one attached hydrogen (secondary N) is 2. The SMILES string of the molecule is N[C@H]1CC[C@@H](C(=O)NCCN2CCC(OC(=O)Nc3ccccc3-c3ccccc3)CC2)C1. The zero-order valence-corrected chi connectivity index (χ0v) is 19.0. The number of amides is 2. The number of carbonyl (C=O) groups is 2. The van der Waals surface area contributed by atoms with Gasteiger partial charge in [0, 0.05) is 43.7 Å². The van der Waals surface area contributed by atoms with Gasteiger partial charge < -0.3 is 20.7 Å². The second kappa shape index (κ2) is 11.3. The van der Waals surface area contributed by atoms with Crippen LogP contribution in [-0.2, 0) is 9.53 Å². The Balaban J connectivity index is 1.18. The summed E-state index contributed by atoms with van der Waals surface area (Å²) in [6.45, 7) is 3.16. The van der Waals surface area contributed by atoms with E-state index in [0.29, 0.717) is 6.54 Å². The Kier molecular flexibility index (Phi) is 7.96. The van der Waals surface area contributed by atoms with Crippen LogP contribution >= 0.6 is 0 Å². The molecule has 7 nitrogen and oxygen atoms in total. The van der Waals surface area contributed by atoms with Crippen molar-refractivity contribution in [3.05, 3.63) is 54.6 Å². The van der Waals surface area contributed by atoms with E-state index in [0.717, 1.165) is 68.6 Å². The number of likely N-dealkylation sites (tertiary alicyclic amines) is 1. The Morgan fingerprint density at radius 1 is 0.970 bits per heavy atom. The zero-order chi connectivity index (χ0) is 23.0. The molecule has 176 valence electrons. The van der Waals surface area contributed by atoms with E-state index < -0.39 is 6.09 Å². The molecule has 0 aromatic heterocycles. The summed E-state index contributed by atoms with van der Waals surface area (Å²) in [5.41, 5.74) is 8.66. The highest BCUT2D eigenvalue weighted by atomic mass is 16.6. The van der Waals surface area contributed by atoms with Crippen LogP contribution in [0.4, 0.5) is 10.5 Å². The number of para-hydroxylation sites is 1. The lowest BCUT2D eigenvalue weighted by molar-refractivity contribution is -0.124. The Morgan fingerprint density at radius 3 is 2.42 bits per heavy atom. The van der Waals surface area contributed by atoms with E-state index in [-0.39, 0.29) is 24.0 Å². The van der Waals surface area contributed by atoms with Crippen LogP contribution in [0, 0.1) is 5.92 Å². The highest BCUT2D eigenvalue weighted by Crippen LogP contribution is 2.28. The Hall–Kier alpha value is -2.90. The Labute approximate surface area is 195 Å². The van der Waals surface area contributed by atoms with Crippen LogP contribution in [0.3, 0.4) is 0 Å². The molecule has 1 aliphatic heterocycles. The van der Waals surface area contributed by atoms with Crippen molar-refractivity contribution in [3.8, 4) is 11.1 Å². The minimum Gasteiger partial charge on any atom is -0.446 e. The van der Waals surface area contributed by atoms with Gasteiger partial charge in [-0.2, -0.15) is 0 Å². The molecule has 7 heteroatoms. The number of anilines is 1. The van der Waals surface area contributed by atoms with Gasteiger partial charge in [-0.15, -0.1) is 0 Å². The number of ether oxygens (including phenoxy) is 1.